The van der Waals surface area contributed by atoms with E-state index in [-0.39, 0.29) is 75.6 Å². The molecule has 0 atom stereocenters. The number of aliphatic hydroxyl groups excluding tert-OH is 3. The second-order valence-corrected chi connectivity index (χ2v) is 30.7. The number of fused-ring (bicyclic) bond motifs is 3. The van der Waals surface area contributed by atoms with Crippen molar-refractivity contribution in [1.29, 1.82) is 0 Å². The fraction of sp³-hybridized carbons (Fsp3) is 0.217. The Morgan fingerprint density at radius 2 is 0.729 bits per heavy atom. The van der Waals surface area contributed by atoms with Crippen LogP contribution in [0.3, 0.4) is 0 Å². The van der Waals surface area contributed by atoms with Gasteiger partial charge < -0.3 is 45.3 Å². The van der Waals surface area contributed by atoms with Crippen LogP contribution < -0.4 is 28.9 Å². The molecular formula is C69H73FN8O12S6. The first-order valence-corrected chi connectivity index (χ1v) is 37.7. The van der Waals surface area contributed by atoms with E-state index in [1.54, 1.807) is 121 Å². The van der Waals surface area contributed by atoms with E-state index >= 15 is 0 Å². The van der Waals surface area contributed by atoms with Crippen LogP contribution in [0.15, 0.2) is 226 Å². The Hall–Kier alpha value is -8.67. The van der Waals surface area contributed by atoms with Gasteiger partial charge in [-0.15, -0.1) is 35.3 Å². The monoisotopic (exact) mass is 1420 g/mol. The van der Waals surface area contributed by atoms with Crippen molar-refractivity contribution in [2.75, 3.05) is 112 Å². The lowest BCUT2D eigenvalue weighted by Gasteiger charge is -2.35. The molecule has 27 heteroatoms. The number of thioether (sulfide) groups is 3. The Bertz CT molecular complexity index is 4670. The summed E-state index contributed by atoms with van der Waals surface area (Å²) in [5, 5.41) is 63.5. The third-order valence-electron chi connectivity index (χ3n) is 15.9. The maximum absolute atomic E-state index is 13.2. The molecule has 96 heavy (non-hydrogen) atoms. The molecule has 0 aliphatic carbocycles. The first-order valence-electron chi connectivity index (χ1n) is 30.4. The molecule has 504 valence electrons. The number of piperazine rings is 2. The molecule has 0 radical (unpaired) electrons. The molecule has 0 unspecified atom stereocenters. The van der Waals surface area contributed by atoms with Crippen molar-refractivity contribution in [3.8, 4) is 17.2 Å². The molecule has 3 fully saturated rings. The minimum atomic E-state index is -3.86. The summed E-state index contributed by atoms with van der Waals surface area (Å²) in [6, 6.07) is 48.9. The predicted octanol–water partition coefficient (Wildman–Crippen LogP) is 13.6. The van der Waals surface area contributed by atoms with Crippen LogP contribution in [-0.2, 0) is 30.4 Å². The van der Waals surface area contributed by atoms with Crippen LogP contribution in [0.1, 0.15) is 12.8 Å². The van der Waals surface area contributed by atoms with Crippen LogP contribution in [0, 0.1) is 5.82 Å². The summed E-state index contributed by atoms with van der Waals surface area (Å²) in [4.78, 5) is 7.90. The van der Waals surface area contributed by atoms with Gasteiger partial charge in [-0.1, -0.05) is 117 Å². The maximum atomic E-state index is 13.2. The predicted molar refractivity (Wildman–Crippen MR) is 389 cm³/mol. The number of anilines is 6. The molecule has 9 aromatic rings. The van der Waals surface area contributed by atoms with Gasteiger partial charge >= 0.3 is 20.4 Å². The Morgan fingerprint density at radius 1 is 0.396 bits per heavy atom. The second-order valence-electron chi connectivity index (χ2n) is 22.6. The van der Waals surface area contributed by atoms with Gasteiger partial charge in [-0.05, 0) is 85.6 Å². The highest BCUT2D eigenvalue weighted by Gasteiger charge is 2.31. The highest BCUT2D eigenvalue weighted by molar-refractivity contribution is 8.00. The average Bonchev–Trinajstić information content (AvgIpc) is 0.811. The number of phenols is 3. The summed E-state index contributed by atoms with van der Waals surface area (Å²) in [6.07, 6.45) is 2.21. The number of rotatable bonds is 21. The van der Waals surface area contributed by atoms with Crippen LogP contribution in [0.2, 0.25) is 0 Å². The molecule has 3 aliphatic rings. The average molecular weight is 1420 g/mol. The van der Waals surface area contributed by atoms with E-state index in [0.717, 1.165) is 54.8 Å². The Labute approximate surface area is 571 Å². The highest BCUT2D eigenvalue weighted by Crippen LogP contribution is 2.44. The third-order valence-corrected chi connectivity index (χ3v) is 23.6. The van der Waals surface area contributed by atoms with Crippen molar-refractivity contribution in [2.45, 2.75) is 32.4 Å². The van der Waals surface area contributed by atoms with E-state index in [0.29, 0.717) is 103 Å². The Kier molecular flexibility index (Phi) is 22.7. The lowest BCUT2D eigenvalue weighted by Crippen LogP contribution is -2.50. The molecule has 20 nitrogen and oxygen atoms in total. The van der Waals surface area contributed by atoms with Gasteiger partial charge in [-0.25, -0.2) is 12.8 Å². The normalized spacial score (nSPS) is 14.7. The fourth-order valence-electron chi connectivity index (χ4n) is 11.2. The molecule has 9 aromatic carbocycles. The summed E-state index contributed by atoms with van der Waals surface area (Å²) in [5.74, 6) is 0.248. The van der Waals surface area contributed by atoms with Gasteiger partial charge in [0, 0.05) is 115 Å². The quantitative estimate of drug-likeness (QED) is 0.0184. The van der Waals surface area contributed by atoms with Crippen molar-refractivity contribution >= 4 is 132 Å². The molecule has 3 aliphatic heterocycles. The number of phenolic OH excluding ortho intramolecular Hbond substituents is 3. The van der Waals surface area contributed by atoms with Crippen molar-refractivity contribution in [3.05, 3.63) is 213 Å². The number of aliphatic hydroxyl groups is 3. The largest absolute Gasteiger partial charge is 0.512 e. The minimum Gasteiger partial charge on any atom is -0.512 e. The molecule has 0 aromatic heterocycles. The van der Waals surface area contributed by atoms with Crippen LogP contribution in [0.5, 0.6) is 17.2 Å². The van der Waals surface area contributed by atoms with Gasteiger partial charge in [0.2, 0.25) is 0 Å². The van der Waals surface area contributed by atoms with E-state index in [2.05, 4.69) is 43.7 Å². The molecular weight excluding hydrogens is 1340 g/mol. The number of sulfonamides is 1. The van der Waals surface area contributed by atoms with Gasteiger partial charge in [0.15, 0.2) is 0 Å². The summed E-state index contributed by atoms with van der Waals surface area (Å²) < 4.78 is 103. The van der Waals surface area contributed by atoms with Gasteiger partial charge in [0.25, 0.3) is 10.0 Å². The summed E-state index contributed by atoms with van der Waals surface area (Å²) in [5.41, 5.74) is 3.91. The molecule has 0 spiro atoms. The fourth-order valence-corrected chi connectivity index (χ4v) is 17.0. The summed E-state index contributed by atoms with van der Waals surface area (Å²) in [7, 11) is -11.5. The number of halogens is 1. The first kappa shape index (κ1) is 70.1. The van der Waals surface area contributed by atoms with Crippen LogP contribution >= 0.6 is 35.3 Å². The van der Waals surface area contributed by atoms with E-state index in [4.69, 9.17) is 0 Å². The van der Waals surface area contributed by atoms with Crippen LogP contribution in [0.4, 0.5) is 38.5 Å². The molecule has 12 rings (SSSR count). The number of hydrogen-bond acceptors (Lipinski definition) is 18. The van der Waals surface area contributed by atoms with Crippen molar-refractivity contribution < 1.29 is 60.3 Å². The number of nitrogens with one attached hydrogen (secondary N) is 3. The number of nitrogens with zero attached hydrogens (tertiary/aromatic N) is 5. The first-order chi connectivity index (χ1) is 45.9. The van der Waals surface area contributed by atoms with Gasteiger partial charge in [-0.2, -0.15) is 25.4 Å². The number of benzene rings is 9. The minimum absolute atomic E-state index is 0.0210. The zero-order valence-corrected chi connectivity index (χ0v) is 57.0. The lowest BCUT2D eigenvalue weighted by atomic mass is 10.1. The SMILES string of the molecule is C=C(O)CSc1cc(NS(=O)(=O)N2CCN(c3ccc(F)cc3)CC2)c2ccccc2c1O.C=C(O)CSc1cc(NS(=O)(=O)N2CCN(c3ccccc3)CC2)c2ccccc2c1O.C=C(O)CSc1cc(NS(=O)(=O)c2cccc(N3CCCC3)c2)c2ccccc2c1O. The zero-order chi connectivity index (χ0) is 68.3. The topological polar surface area (TPSA) is 276 Å². The maximum Gasteiger partial charge on any atom is 0.301 e. The van der Waals surface area contributed by atoms with Gasteiger partial charge in [-0.3, -0.25) is 14.2 Å². The molecule has 0 amide bonds. The molecule has 0 saturated carbocycles. The number of hydrogen-bond donors (Lipinski definition) is 9. The van der Waals surface area contributed by atoms with Crippen LogP contribution in [0.25, 0.3) is 32.3 Å². The van der Waals surface area contributed by atoms with E-state index in [1.807, 2.05) is 41.3 Å². The van der Waals surface area contributed by atoms with Gasteiger partial charge in [0.1, 0.15) is 23.1 Å². The zero-order valence-electron chi connectivity index (χ0n) is 52.1. The third kappa shape index (κ3) is 17.3. The van der Waals surface area contributed by atoms with Crippen molar-refractivity contribution in [2.24, 2.45) is 0 Å². The molecule has 0 bridgehead atoms. The van der Waals surface area contributed by atoms with Crippen molar-refractivity contribution in [1.82, 2.24) is 8.61 Å². The lowest BCUT2D eigenvalue weighted by molar-refractivity contribution is 0.387. The molecule has 9 N–H and O–H groups in total. The molecule has 3 saturated heterocycles. The van der Waals surface area contributed by atoms with E-state index in [9.17, 15) is 60.3 Å². The Morgan fingerprint density at radius 3 is 1.11 bits per heavy atom. The number of aromatic hydroxyl groups is 3. The van der Waals surface area contributed by atoms with E-state index < -0.39 is 30.4 Å². The summed E-state index contributed by atoms with van der Waals surface area (Å²) in [6.45, 7) is 15.7. The van der Waals surface area contributed by atoms with Gasteiger partial charge in [0.05, 0.1) is 71.2 Å². The molecule has 3 heterocycles. The smallest absolute Gasteiger partial charge is 0.301 e. The second kappa shape index (κ2) is 31.0. The number of para-hydroxylation sites is 1. The Balaban J connectivity index is 0.000000157. The van der Waals surface area contributed by atoms with Crippen molar-refractivity contribution in [3.63, 3.8) is 0 Å². The highest BCUT2D eigenvalue weighted by atomic mass is 32.2. The van der Waals surface area contributed by atoms with Crippen LogP contribution in [-0.4, -0.2) is 147 Å². The standard InChI is InChI=1S/C23H24FN3O4S2.C23H25N3O4S2.C23H24N2O4S2/c1-16(28)15-32-22-14-21(19-4-2-3-5-20(19)23(22)29)25-33(30,31)27-12-10-26(11-13-27)18-8-6-17(24)7-9-18;1-17(27)16-31-22-15-21(19-9-5-6-10-20(19)23(22)28)24-32(29,30)26-13-11-25(12-14-26)18-7-3-2-4-8-18;1-16(26)15-30-22-14-21(19-9-2-3-10-20(19)23(22)27)24-31(28,29)18-8-6-7-17(13-18)25-11-4-5-12-25/h2-9,14,25,28-29H,1,10-13,15H2;2-10,15,24,27-28H,1,11-14,16H2;2-3,6-10,13-14,24,26-27H,1,4-5,11-12,15H2. The summed E-state index contributed by atoms with van der Waals surface area (Å²) >= 11 is 3.54. The van der Waals surface area contributed by atoms with E-state index in [1.165, 1.54) is 44.3 Å².